The van der Waals surface area contributed by atoms with Gasteiger partial charge >= 0.3 is 0 Å². The fourth-order valence-electron chi connectivity index (χ4n) is 2.94. The number of benzene rings is 1. The first-order chi connectivity index (χ1) is 12.6. The smallest absolute Gasteiger partial charge is 0.220 e. The van der Waals surface area contributed by atoms with Gasteiger partial charge in [0.2, 0.25) is 5.91 Å². The highest BCUT2D eigenvalue weighted by molar-refractivity contribution is 6.30. The van der Waals surface area contributed by atoms with E-state index in [1.54, 1.807) is 0 Å². The van der Waals surface area contributed by atoms with Crippen LogP contribution in [0.5, 0.6) is 0 Å². The van der Waals surface area contributed by atoms with Crippen molar-refractivity contribution >= 4 is 23.3 Å². The third-order valence-corrected chi connectivity index (χ3v) is 4.93. The first-order valence-corrected chi connectivity index (χ1v) is 9.37. The molecular weight excluding hydrogens is 348 g/mol. The van der Waals surface area contributed by atoms with Gasteiger partial charge in [0.1, 0.15) is 5.82 Å². The van der Waals surface area contributed by atoms with Crippen LogP contribution in [0.3, 0.4) is 0 Å². The molecular formula is C20H25ClN4O. The van der Waals surface area contributed by atoms with Crippen molar-refractivity contribution in [2.24, 2.45) is 0 Å². The maximum absolute atomic E-state index is 12.0. The van der Waals surface area contributed by atoms with Crippen molar-refractivity contribution in [2.75, 3.05) is 38.1 Å². The summed E-state index contributed by atoms with van der Waals surface area (Å²) in [6.45, 7) is 4.64. The highest BCUT2D eigenvalue weighted by Gasteiger charge is 2.14. The number of pyridine rings is 1. The summed E-state index contributed by atoms with van der Waals surface area (Å²) in [6, 6.07) is 11.7. The molecule has 0 saturated carbocycles. The second kappa shape index (κ2) is 9.01. The predicted octanol–water partition coefficient (Wildman–Crippen LogP) is 2.74. The lowest BCUT2D eigenvalue weighted by Gasteiger charge is -2.33. The SMILES string of the molecule is CN1CCN(c2ccc(CNC(=O)CCc3ccc(Cl)cc3)cn2)CC1. The maximum Gasteiger partial charge on any atom is 0.220 e. The van der Waals surface area contributed by atoms with E-state index in [-0.39, 0.29) is 5.91 Å². The zero-order valence-electron chi connectivity index (χ0n) is 15.1. The van der Waals surface area contributed by atoms with Crippen LogP contribution >= 0.6 is 11.6 Å². The summed E-state index contributed by atoms with van der Waals surface area (Å²) >= 11 is 5.87. The molecule has 2 heterocycles. The molecule has 138 valence electrons. The summed E-state index contributed by atoms with van der Waals surface area (Å²) in [7, 11) is 2.14. The molecule has 1 aromatic heterocycles. The van der Waals surface area contributed by atoms with E-state index < -0.39 is 0 Å². The lowest BCUT2D eigenvalue weighted by Crippen LogP contribution is -2.44. The zero-order valence-corrected chi connectivity index (χ0v) is 15.9. The minimum atomic E-state index is 0.0445. The fraction of sp³-hybridized carbons (Fsp3) is 0.400. The molecule has 5 nitrogen and oxygen atoms in total. The molecule has 1 aliphatic heterocycles. The Labute approximate surface area is 160 Å². The fourth-order valence-corrected chi connectivity index (χ4v) is 3.07. The number of rotatable bonds is 6. The zero-order chi connectivity index (χ0) is 18.4. The predicted molar refractivity (Wildman–Crippen MR) is 106 cm³/mol. The van der Waals surface area contributed by atoms with E-state index in [1.807, 2.05) is 42.6 Å². The second-order valence-electron chi connectivity index (χ2n) is 6.72. The van der Waals surface area contributed by atoms with E-state index in [9.17, 15) is 4.79 Å². The van der Waals surface area contributed by atoms with Crippen molar-refractivity contribution in [1.82, 2.24) is 15.2 Å². The molecule has 1 saturated heterocycles. The number of carbonyl (C=O) groups excluding carboxylic acids is 1. The van der Waals surface area contributed by atoms with Crippen LogP contribution in [0.15, 0.2) is 42.6 Å². The molecule has 6 heteroatoms. The molecule has 1 fully saturated rings. The number of aryl methyl sites for hydroxylation is 1. The Hall–Kier alpha value is -2.11. The first kappa shape index (κ1) is 18.7. The number of anilines is 1. The van der Waals surface area contributed by atoms with Crippen LogP contribution in [0.25, 0.3) is 0 Å². The monoisotopic (exact) mass is 372 g/mol. The molecule has 1 aliphatic rings. The standard InChI is InChI=1S/C20H25ClN4O/c1-24-10-12-25(13-11-24)19-8-4-17(14-22-19)15-23-20(26)9-5-16-2-6-18(21)7-3-16/h2-4,6-8,14H,5,9-13,15H2,1H3,(H,23,26). The van der Waals surface area contributed by atoms with Gasteiger partial charge in [-0.2, -0.15) is 0 Å². The maximum atomic E-state index is 12.0. The van der Waals surface area contributed by atoms with Crippen molar-refractivity contribution < 1.29 is 4.79 Å². The van der Waals surface area contributed by atoms with Gasteiger partial charge in [-0.3, -0.25) is 4.79 Å². The van der Waals surface area contributed by atoms with Crippen molar-refractivity contribution in [3.05, 3.63) is 58.7 Å². The molecule has 2 aromatic rings. The summed E-state index contributed by atoms with van der Waals surface area (Å²) in [5, 5.41) is 3.67. The Morgan fingerprint density at radius 1 is 1.08 bits per heavy atom. The van der Waals surface area contributed by atoms with Crippen molar-refractivity contribution in [3.8, 4) is 0 Å². The van der Waals surface area contributed by atoms with Gasteiger partial charge in [-0.15, -0.1) is 0 Å². The number of halogens is 1. The van der Waals surface area contributed by atoms with E-state index in [0.29, 0.717) is 24.4 Å². The summed E-state index contributed by atoms with van der Waals surface area (Å²) in [5.74, 6) is 1.05. The Morgan fingerprint density at radius 3 is 2.42 bits per heavy atom. The van der Waals surface area contributed by atoms with Crippen LogP contribution in [0.1, 0.15) is 17.5 Å². The number of amides is 1. The molecule has 3 rings (SSSR count). The van der Waals surface area contributed by atoms with Gasteiger partial charge < -0.3 is 15.1 Å². The van der Waals surface area contributed by atoms with Crippen LogP contribution in [0.2, 0.25) is 5.02 Å². The van der Waals surface area contributed by atoms with Gasteiger partial charge in [0, 0.05) is 50.4 Å². The van der Waals surface area contributed by atoms with E-state index in [4.69, 9.17) is 11.6 Å². The molecule has 0 bridgehead atoms. The van der Waals surface area contributed by atoms with E-state index >= 15 is 0 Å². The van der Waals surface area contributed by atoms with Crippen LogP contribution in [0, 0.1) is 0 Å². The Balaban J connectivity index is 1.42. The summed E-state index contributed by atoms with van der Waals surface area (Å²) < 4.78 is 0. The van der Waals surface area contributed by atoms with Gasteiger partial charge in [-0.25, -0.2) is 4.98 Å². The number of nitrogens with one attached hydrogen (secondary N) is 1. The molecule has 1 N–H and O–H groups in total. The van der Waals surface area contributed by atoms with Crippen LogP contribution in [0.4, 0.5) is 5.82 Å². The van der Waals surface area contributed by atoms with E-state index in [2.05, 4.69) is 27.1 Å². The summed E-state index contributed by atoms with van der Waals surface area (Å²) in [5.41, 5.74) is 2.13. The van der Waals surface area contributed by atoms with E-state index in [0.717, 1.165) is 43.1 Å². The lowest BCUT2D eigenvalue weighted by atomic mass is 10.1. The number of hydrogen-bond acceptors (Lipinski definition) is 4. The van der Waals surface area contributed by atoms with Crippen molar-refractivity contribution in [3.63, 3.8) is 0 Å². The number of hydrogen-bond donors (Lipinski definition) is 1. The quantitative estimate of drug-likeness (QED) is 0.847. The van der Waals surface area contributed by atoms with Gasteiger partial charge in [0.15, 0.2) is 0 Å². The van der Waals surface area contributed by atoms with Gasteiger partial charge in [-0.1, -0.05) is 29.8 Å². The number of nitrogens with zero attached hydrogens (tertiary/aromatic N) is 3. The highest BCUT2D eigenvalue weighted by Crippen LogP contribution is 2.14. The first-order valence-electron chi connectivity index (χ1n) is 9.00. The normalized spacial score (nSPS) is 15.1. The second-order valence-corrected chi connectivity index (χ2v) is 7.15. The summed E-state index contributed by atoms with van der Waals surface area (Å²) in [4.78, 5) is 21.2. The van der Waals surface area contributed by atoms with Crippen molar-refractivity contribution in [1.29, 1.82) is 0 Å². The van der Waals surface area contributed by atoms with Crippen LogP contribution in [-0.2, 0) is 17.8 Å². The minimum absolute atomic E-state index is 0.0445. The Bertz CT molecular complexity index is 710. The largest absolute Gasteiger partial charge is 0.354 e. The topological polar surface area (TPSA) is 48.5 Å². The molecule has 0 atom stereocenters. The molecule has 26 heavy (non-hydrogen) atoms. The van der Waals surface area contributed by atoms with Crippen LogP contribution < -0.4 is 10.2 Å². The number of aromatic nitrogens is 1. The molecule has 0 unspecified atom stereocenters. The molecule has 0 radical (unpaired) electrons. The number of carbonyl (C=O) groups is 1. The highest BCUT2D eigenvalue weighted by atomic mass is 35.5. The Morgan fingerprint density at radius 2 is 1.77 bits per heavy atom. The third kappa shape index (κ3) is 5.44. The Kier molecular flexibility index (Phi) is 6.47. The number of likely N-dealkylation sites (N-methyl/N-ethyl adjacent to an activating group) is 1. The van der Waals surface area contributed by atoms with E-state index in [1.165, 1.54) is 0 Å². The molecule has 0 aliphatic carbocycles. The number of piperazine rings is 1. The van der Waals surface area contributed by atoms with Gasteiger partial charge in [0.05, 0.1) is 0 Å². The van der Waals surface area contributed by atoms with Crippen molar-refractivity contribution in [2.45, 2.75) is 19.4 Å². The average molecular weight is 373 g/mol. The molecule has 1 aromatic carbocycles. The van der Waals surface area contributed by atoms with Gasteiger partial charge in [0.25, 0.3) is 0 Å². The molecule has 1 amide bonds. The average Bonchev–Trinajstić information content (AvgIpc) is 2.67. The third-order valence-electron chi connectivity index (χ3n) is 4.68. The van der Waals surface area contributed by atoms with Gasteiger partial charge in [-0.05, 0) is 42.8 Å². The summed E-state index contributed by atoms with van der Waals surface area (Å²) in [6.07, 6.45) is 3.03. The lowest BCUT2D eigenvalue weighted by molar-refractivity contribution is -0.121. The minimum Gasteiger partial charge on any atom is -0.354 e. The molecule has 0 spiro atoms. The van der Waals surface area contributed by atoms with Crippen LogP contribution in [-0.4, -0.2) is 49.0 Å².